The van der Waals surface area contributed by atoms with Gasteiger partial charge in [-0.1, -0.05) is 23.9 Å². The summed E-state index contributed by atoms with van der Waals surface area (Å²) >= 11 is 1.13. The van der Waals surface area contributed by atoms with Gasteiger partial charge in [0, 0.05) is 12.1 Å². The lowest BCUT2D eigenvalue weighted by Gasteiger charge is -2.14. The van der Waals surface area contributed by atoms with E-state index in [1.54, 1.807) is 13.0 Å². The number of nitrogens with one attached hydrogen (secondary N) is 1. The second-order valence-corrected chi connectivity index (χ2v) is 7.47. The molecule has 0 aliphatic rings. The summed E-state index contributed by atoms with van der Waals surface area (Å²) in [6.07, 6.45) is 0. The average molecular weight is 444 g/mol. The number of non-ortho nitro benzene ring substituents is 1. The summed E-state index contributed by atoms with van der Waals surface area (Å²) in [5.41, 5.74) is 0.688. The number of anilines is 1. The number of aromatic nitrogens is 4. The Morgan fingerprint density at radius 2 is 2.06 bits per heavy atom. The van der Waals surface area contributed by atoms with Gasteiger partial charge in [0.2, 0.25) is 11.1 Å². The highest BCUT2D eigenvalue weighted by molar-refractivity contribution is 8.00. The van der Waals surface area contributed by atoms with E-state index in [-0.39, 0.29) is 11.4 Å². The van der Waals surface area contributed by atoms with Gasteiger partial charge in [-0.15, -0.1) is 5.10 Å². The maximum atomic E-state index is 12.7. The van der Waals surface area contributed by atoms with E-state index in [1.807, 2.05) is 25.1 Å². The highest BCUT2D eigenvalue weighted by atomic mass is 32.2. The molecule has 12 heteroatoms. The highest BCUT2D eigenvalue weighted by Crippen LogP contribution is 2.31. The maximum absolute atomic E-state index is 12.7. The Morgan fingerprint density at radius 3 is 2.77 bits per heavy atom. The van der Waals surface area contributed by atoms with Gasteiger partial charge in [-0.2, -0.15) is 4.68 Å². The van der Waals surface area contributed by atoms with Crippen LogP contribution in [0.4, 0.5) is 11.4 Å². The second kappa shape index (κ2) is 9.89. The van der Waals surface area contributed by atoms with Crippen LogP contribution in [0.25, 0.3) is 5.69 Å². The number of carbonyl (C=O) groups is 1. The van der Waals surface area contributed by atoms with Crippen LogP contribution in [-0.4, -0.2) is 50.0 Å². The number of para-hydroxylation sites is 2. The summed E-state index contributed by atoms with van der Waals surface area (Å²) in [7, 11) is 1.42. The van der Waals surface area contributed by atoms with E-state index in [9.17, 15) is 14.9 Å². The number of nitro groups is 1. The molecule has 0 saturated carbocycles. The van der Waals surface area contributed by atoms with Gasteiger partial charge in [-0.3, -0.25) is 14.9 Å². The number of hydrogen-bond acceptors (Lipinski definition) is 9. The summed E-state index contributed by atoms with van der Waals surface area (Å²) < 4.78 is 12.3. The van der Waals surface area contributed by atoms with Crippen LogP contribution in [0.1, 0.15) is 13.8 Å². The fourth-order valence-electron chi connectivity index (χ4n) is 2.67. The molecule has 0 saturated heterocycles. The summed E-state index contributed by atoms with van der Waals surface area (Å²) in [5.74, 6) is 0.528. The largest absolute Gasteiger partial charge is 0.495 e. The number of methoxy groups -OCH3 is 1. The molecule has 1 amide bonds. The second-order valence-electron chi connectivity index (χ2n) is 6.17. The van der Waals surface area contributed by atoms with E-state index in [0.29, 0.717) is 28.9 Å². The molecule has 3 rings (SSSR count). The van der Waals surface area contributed by atoms with Gasteiger partial charge in [0.25, 0.3) is 5.69 Å². The molecule has 2 aromatic carbocycles. The SMILES string of the molecule is CCOc1ccccc1-n1nnnc1SC(C)C(=O)Nc1cc([N+](=O)[O-])ccc1OC. The number of nitrogens with zero attached hydrogens (tertiary/aromatic N) is 5. The first kappa shape index (κ1) is 22.0. The molecule has 0 bridgehead atoms. The molecule has 0 spiro atoms. The summed E-state index contributed by atoms with van der Waals surface area (Å²) in [6, 6.07) is 11.3. The quantitative estimate of drug-likeness (QED) is 0.300. The third kappa shape index (κ3) is 5.09. The van der Waals surface area contributed by atoms with Crippen LogP contribution in [0, 0.1) is 10.1 Å². The lowest BCUT2D eigenvalue weighted by atomic mass is 10.2. The van der Waals surface area contributed by atoms with Crippen LogP contribution in [0.15, 0.2) is 47.6 Å². The Balaban J connectivity index is 1.79. The number of rotatable bonds is 9. The fourth-order valence-corrected chi connectivity index (χ4v) is 3.47. The molecular formula is C19H20N6O5S. The van der Waals surface area contributed by atoms with Crippen molar-refractivity contribution in [3.05, 3.63) is 52.6 Å². The first-order valence-corrected chi connectivity index (χ1v) is 10.1. The molecule has 0 radical (unpaired) electrons. The van der Waals surface area contributed by atoms with Crippen molar-refractivity contribution in [2.45, 2.75) is 24.3 Å². The van der Waals surface area contributed by atoms with Crippen molar-refractivity contribution in [3.8, 4) is 17.2 Å². The zero-order valence-electron chi connectivity index (χ0n) is 17.0. The maximum Gasteiger partial charge on any atom is 0.271 e. The Morgan fingerprint density at radius 1 is 1.29 bits per heavy atom. The van der Waals surface area contributed by atoms with E-state index >= 15 is 0 Å². The molecule has 1 heterocycles. The first-order valence-electron chi connectivity index (χ1n) is 9.25. The van der Waals surface area contributed by atoms with Crippen molar-refractivity contribution in [1.29, 1.82) is 0 Å². The number of nitro benzene ring substituents is 1. The van der Waals surface area contributed by atoms with E-state index in [0.717, 1.165) is 11.8 Å². The Kier molecular flexibility index (Phi) is 7.03. The molecule has 11 nitrogen and oxygen atoms in total. The fraction of sp³-hybridized carbons (Fsp3) is 0.263. The standard InChI is InChI=1S/C19H20N6O5S/c1-4-30-17-8-6-5-7-15(17)24-19(21-22-23-24)31-12(2)18(26)20-14-11-13(25(27)28)9-10-16(14)29-3/h5-12H,4H2,1-3H3,(H,20,26). The Bertz CT molecular complexity index is 1090. The van der Waals surface area contributed by atoms with Crippen molar-refractivity contribution < 1.29 is 19.2 Å². The van der Waals surface area contributed by atoms with Crippen molar-refractivity contribution in [2.24, 2.45) is 0 Å². The predicted molar refractivity (Wildman–Crippen MR) is 114 cm³/mol. The molecule has 1 atom stereocenters. The molecule has 1 aromatic heterocycles. The Labute approximate surface area is 181 Å². The van der Waals surface area contributed by atoms with E-state index in [1.165, 1.54) is 30.0 Å². The minimum absolute atomic E-state index is 0.159. The molecule has 0 fully saturated rings. The van der Waals surface area contributed by atoms with Crippen LogP contribution < -0.4 is 14.8 Å². The van der Waals surface area contributed by atoms with E-state index in [2.05, 4.69) is 20.8 Å². The van der Waals surface area contributed by atoms with E-state index in [4.69, 9.17) is 9.47 Å². The van der Waals surface area contributed by atoms with Crippen LogP contribution in [-0.2, 0) is 4.79 Å². The number of tetrazole rings is 1. The van der Waals surface area contributed by atoms with E-state index < -0.39 is 16.1 Å². The lowest BCUT2D eigenvalue weighted by Crippen LogP contribution is -2.23. The summed E-state index contributed by atoms with van der Waals surface area (Å²) in [4.78, 5) is 23.2. The van der Waals surface area contributed by atoms with Crippen LogP contribution in [0.3, 0.4) is 0 Å². The van der Waals surface area contributed by atoms with Crippen molar-refractivity contribution in [1.82, 2.24) is 20.2 Å². The Hall–Kier alpha value is -3.67. The van der Waals surface area contributed by atoms with Crippen molar-refractivity contribution in [2.75, 3.05) is 19.0 Å². The number of hydrogen-bond donors (Lipinski definition) is 1. The minimum Gasteiger partial charge on any atom is -0.495 e. The van der Waals surface area contributed by atoms with Crippen LogP contribution in [0.2, 0.25) is 0 Å². The van der Waals surface area contributed by atoms with Gasteiger partial charge in [-0.05, 0) is 42.5 Å². The molecule has 162 valence electrons. The number of amides is 1. The van der Waals surface area contributed by atoms with Crippen molar-refractivity contribution in [3.63, 3.8) is 0 Å². The predicted octanol–water partition coefficient (Wildman–Crippen LogP) is 3.10. The number of carbonyl (C=O) groups excluding carboxylic acids is 1. The lowest BCUT2D eigenvalue weighted by molar-refractivity contribution is -0.384. The van der Waals surface area contributed by atoms with Crippen molar-refractivity contribution >= 4 is 29.0 Å². The molecule has 1 unspecified atom stereocenters. The summed E-state index contributed by atoms with van der Waals surface area (Å²) in [6.45, 7) is 4.03. The highest BCUT2D eigenvalue weighted by Gasteiger charge is 2.22. The van der Waals surface area contributed by atoms with Gasteiger partial charge < -0.3 is 14.8 Å². The van der Waals surface area contributed by atoms with Crippen LogP contribution >= 0.6 is 11.8 Å². The van der Waals surface area contributed by atoms with Gasteiger partial charge in [0.15, 0.2) is 0 Å². The third-order valence-electron chi connectivity index (χ3n) is 4.14. The molecule has 0 aliphatic heterocycles. The molecule has 3 aromatic rings. The normalized spacial score (nSPS) is 11.6. The van der Waals surface area contributed by atoms with Gasteiger partial charge in [-0.25, -0.2) is 0 Å². The zero-order chi connectivity index (χ0) is 22.4. The number of benzene rings is 2. The molecule has 31 heavy (non-hydrogen) atoms. The molecule has 1 N–H and O–H groups in total. The monoisotopic (exact) mass is 444 g/mol. The molecular weight excluding hydrogens is 424 g/mol. The number of ether oxygens (including phenoxy) is 2. The topological polar surface area (TPSA) is 134 Å². The van der Waals surface area contributed by atoms with Gasteiger partial charge in [0.1, 0.15) is 17.2 Å². The zero-order valence-corrected chi connectivity index (χ0v) is 17.8. The average Bonchev–Trinajstić information content (AvgIpc) is 3.22. The molecule has 0 aliphatic carbocycles. The van der Waals surface area contributed by atoms with Crippen LogP contribution in [0.5, 0.6) is 11.5 Å². The summed E-state index contributed by atoms with van der Waals surface area (Å²) in [5, 5.41) is 25.2. The third-order valence-corrected chi connectivity index (χ3v) is 5.17. The number of thioether (sulfide) groups is 1. The minimum atomic E-state index is -0.618. The smallest absolute Gasteiger partial charge is 0.271 e. The first-order chi connectivity index (χ1) is 14.9. The van der Waals surface area contributed by atoms with Gasteiger partial charge in [0.05, 0.1) is 29.6 Å². The van der Waals surface area contributed by atoms with Gasteiger partial charge >= 0.3 is 0 Å².